The average Bonchev–Trinajstić information content (AvgIpc) is 2.41. The van der Waals surface area contributed by atoms with E-state index in [1.165, 1.54) is 0 Å². The maximum Gasteiger partial charge on any atom is 0.126 e. The highest BCUT2D eigenvalue weighted by molar-refractivity contribution is 5.23. The molecule has 1 fully saturated rings. The molecule has 0 aromatic heterocycles. The highest BCUT2D eigenvalue weighted by atomic mass is 19.1. The Morgan fingerprint density at radius 2 is 2.11 bits per heavy atom. The molecule has 0 bridgehead atoms. The second kappa shape index (κ2) is 6.30. The Kier molecular flexibility index (Phi) is 4.72. The zero-order chi connectivity index (χ0) is 13.0. The summed E-state index contributed by atoms with van der Waals surface area (Å²) in [4.78, 5) is 0. The molecule has 1 aromatic carbocycles. The number of halogens is 1. The number of rotatable bonds is 4. The van der Waals surface area contributed by atoms with Crippen molar-refractivity contribution in [1.29, 1.82) is 0 Å². The summed E-state index contributed by atoms with van der Waals surface area (Å²) in [5.74, 6) is 0.566. The minimum Gasteiger partial charge on any atom is -0.381 e. The van der Waals surface area contributed by atoms with Crippen LogP contribution in [0, 0.1) is 18.7 Å². The molecule has 18 heavy (non-hydrogen) atoms. The second-order valence-corrected chi connectivity index (χ2v) is 5.20. The van der Waals surface area contributed by atoms with E-state index in [2.05, 4.69) is 12.2 Å². The van der Waals surface area contributed by atoms with Gasteiger partial charge in [-0.3, -0.25) is 0 Å². The third-order valence-corrected chi connectivity index (χ3v) is 3.82. The molecular weight excluding hydrogens is 229 g/mol. The highest BCUT2D eigenvalue weighted by Crippen LogP contribution is 2.19. The Morgan fingerprint density at radius 1 is 1.39 bits per heavy atom. The van der Waals surface area contributed by atoms with Gasteiger partial charge in [0.15, 0.2) is 0 Å². The average molecular weight is 251 g/mol. The summed E-state index contributed by atoms with van der Waals surface area (Å²) >= 11 is 0. The molecule has 1 unspecified atom stereocenters. The Bertz CT molecular complexity index is 388. The normalized spacial score (nSPS) is 18.8. The number of hydrogen-bond donors (Lipinski definition) is 1. The van der Waals surface area contributed by atoms with Gasteiger partial charge in [-0.2, -0.15) is 0 Å². The first-order chi connectivity index (χ1) is 8.66. The first kappa shape index (κ1) is 13.5. The minimum absolute atomic E-state index is 0.128. The van der Waals surface area contributed by atoms with E-state index in [4.69, 9.17) is 4.74 Å². The molecule has 1 aliphatic heterocycles. The monoisotopic (exact) mass is 251 g/mol. The largest absolute Gasteiger partial charge is 0.381 e. The number of hydrogen-bond acceptors (Lipinski definition) is 2. The fourth-order valence-corrected chi connectivity index (χ4v) is 2.48. The van der Waals surface area contributed by atoms with E-state index in [0.717, 1.165) is 38.2 Å². The first-order valence-electron chi connectivity index (χ1n) is 6.73. The molecule has 0 saturated carbocycles. The van der Waals surface area contributed by atoms with Gasteiger partial charge >= 0.3 is 0 Å². The summed E-state index contributed by atoms with van der Waals surface area (Å²) < 4.78 is 18.5. The lowest BCUT2D eigenvalue weighted by Crippen LogP contribution is -2.36. The zero-order valence-electron chi connectivity index (χ0n) is 11.2. The maximum absolute atomic E-state index is 13.2. The Balaban J connectivity index is 1.84. The van der Waals surface area contributed by atoms with Gasteiger partial charge in [0.25, 0.3) is 0 Å². The second-order valence-electron chi connectivity index (χ2n) is 5.20. The number of benzene rings is 1. The van der Waals surface area contributed by atoms with Gasteiger partial charge in [0.1, 0.15) is 5.82 Å². The molecule has 1 aliphatic rings. The molecule has 1 heterocycles. The van der Waals surface area contributed by atoms with Crippen LogP contribution in [-0.4, -0.2) is 19.3 Å². The van der Waals surface area contributed by atoms with Gasteiger partial charge in [-0.1, -0.05) is 12.1 Å². The fourth-order valence-electron chi connectivity index (χ4n) is 2.48. The van der Waals surface area contributed by atoms with Crippen molar-refractivity contribution in [1.82, 2.24) is 5.32 Å². The van der Waals surface area contributed by atoms with E-state index in [-0.39, 0.29) is 5.82 Å². The molecule has 2 rings (SSSR count). The molecule has 1 atom stereocenters. The third-order valence-electron chi connectivity index (χ3n) is 3.82. The van der Waals surface area contributed by atoms with Crippen LogP contribution in [0.4, 0.5) is 4.39 Å². The van der Waals surface area contributed by atoms with Crippen molar-refractivity contribution in [2.45, 2.75) is 39.3 Å². The van der Waals surface area contributed by atoms with Crippen molar-refractivity contribution in [3.8, 4) is 0 Å². The van der Waals surface area contributed by atoms with E-state index in [1.807, 2.05) is 12.1 Å². The van der Waals surface area contributed by atoms with Gasteiger partial charge in [0.05, 0.1) is 0 Å². The number of ether oxygens (including phenoxy) is 1. The summed E-state index contributed by atoms with van der Waals surface area (Å²) in [6.07, 6.45) is 2.27. The predicted molar refractivity (Wildman–Crippen MR) is 71.0 cm³/mol. The molecule has 0 aliphatic carbocycles. The molecule has 1 N–H and O–H groups in total. The lowest BCUT2D eigenvalue weighted by molar-refractivity contribution is 0.0558. The molecule has 0 radical (unpaired) electrons. The van der Waals surface area contributed by atoms with Gasteiger partial charge in [0, 0.05) is 25.8 Å². The van der Waals surface area contributed by atoms with Crippen LogP contribution in [0.2, 0.25) is 0 Å². The van der Waals surface area contributed by atoms with Gasteiger partial charge in [0.2, 0.25) is 0 Å². The highest BCUT2D eigenvalue weighted by Gasteiger charge is 2.19. The van der Waals surface area contributed by atoms with E-state index in [9.17, 15) is 4.39 Å². The topological polar surface area (TPSA) is 21.3 Å². The van der Waals surface area contributed by atoms with Gasteiger partial charge in [-0.25, -0.2) is 4.39 Å². The number of aryl methyl sites for hydroxylation is 1. The van der Waals surface area contributed by atoms with Crippen LogP contribution in [0.1, 0.15) is 30.9 Å². The van der Waals surface area contributed by atoms with Crippen molar-refractivity contribution in [3.05, 3.63) is 35.1 Å². The fraction of sp³-hybridized carbons (Fsp3) is 0.600. The van der Waals surface area contributed by atoms with Crippen molar-refractivity contribution in [3.63, 3.8) is 0 Å². The van der Waals surface area contributed by atoms with Crippen molar-refractivity contribution < 1.29 is 9.13 Å². The molecule has 1 aromatic rings. The maximum atomic E-state index is 13.2. The van der Waals surface area contributed by atoms with Crippen LogP contribution in [0.15, 0.2) is 18.2 Å². The van der Waals surface area contributed by atoms with Gasteiger partial charge < -0.3 is 10.1 Å². The lowest BCUT2D eigenvalue weighted by atomic mass is 9.93. The first-order valence-corrected chi connectivity index (χ1v) is 6.73. The summed E-state index contributed by atoms with van der Waals surface area (Å²) in [5, 5.41) is 3.54. The lowest BCUT2D eigenvalue weighted by Gasteiger charge is -2.28. The van der Waals surface area contributed by atoms with Crippen molar-refractivity contribution in [2.24, 2.45) is 5.92 Å². The van der Waals surface area contributed by atoms with E-state index >= 15 is 0 Å². The van der Waals surface area contributed by atoms with Crippen LogP contribution in [-0.2, 0) is 11.3 Å². The van der Waals surface area contributed by atoms with Crippen LogP contribution >= 0.6 is 0 Å². The summed E-state index contributed by atoms with van der Waals surface area (Å²) in [5.41, 5.74) is 1.86. The Morgan fingerprint density at radius 3 is 2.78 bits per heavy atom. The van der Waals surface area contributed by atoms with Crippen LogP contribution in [0.5, 0.6) is 0 Å². The predicted octanol–water partition coefficient (Wildman–Crippen LogP) is 3.04. The molecule has 3 heteroatoms. The molecule has 0 spiro atoms. The van der Waals surface area contributed by atoms with Crippen LogP contribution < -0.4 is 5.32 Å². The minimum atomic E-state index is -0.128. The smallest absolute Gasteiger partial charge is 0.126 e. The Labute approximate surface area is 109 Å². The summed E-state index contributed by atoms with van der Waals surface area (Å²) in [6, 6.07) is 5.80. The summed E-state index contributed by atoms with van der Waals surface area (Å²) in [7, 11) is 0. The molecular formula is C15H22FNO. The molecule has 100 valence electrons. The van der Waals surface area contributed by atoms with Crippen molar-refractivity contribution in [2.75, 3.05) is 13.2 Å². The van der Waals surface area contributed by atoms with Crippen LogP contribution in [0.25, 0.3) is 0 Å². The van der Waals surface area contributed by atoms with Gasteiger partial charge in [-0.05, 0) is 49.8 Å². The standard InChI is InChI=1S/C15H22FNO/c1-11-9-13(3-4-15(11)16)10-17-12(2)14-5-7-18-8-6-14/h3-4,9,12,14,17H,5-8,10H2,1-2H3. The van der Waals surface area contributed by atoms with E-state index in [1.54, 1.807) is 13.0 Å². The van der Waals surface area contributed by atoms with Crippen molar-refractivity contribution >= 4 is 0 Å². The van der Waals surface area contributed by atoms with Crippen LogP contribution in [0.3, 0.4) is 0 Å². The molecule has 0 amide bonds. The zero-order valence-corrected chi connectivity index (χ0v) is 11.2. The summed E-state index contributed by atoms with van der Waals surface area (Å²) in [6.45, 7) is 6.60. The molecule has 1 saturated heterocycles. The Hall–Kier alpha value is -0.930. The quantitative estimate of drug-likeness (QED) is 0.888. The number of nitrogens with one attached hydrogen (secondary N) is 1. The molecule has 2 nitrogen and oxygen atoms in total. The third kappa shape index (κ3) is 3.53. The van der Waals surface area contributed by atoms with E-state index < -0.39 is 0 Å². The van der Waals surface area contributed by atoms with E-state index in [0.29, 0.717) is 17.5 Å². The SMILES string of the molecule is Cc1cc(CNC(C)C2CCOCC2)ccc1F. The van der Waals surface area contributed by atoms with Gasteiger partial charge in [-0.15, -0.1) is 0 Å².